The quantitative estimate of drug-likeness (QED) is 0.433. The van der Waals surface area contributed by atoms with Gasteiger partial charge in [0.15, 0.2) is 0 Å². The standard InChI is InChI=1S/C26H22O4/c1-29-25(27)23(21-13-11-17-7-3-5-9-19(17)15-21)24(26(28)30-2)22-14-12-18-8-4-6-10-20(18)16-22/h3-16,23-24H,1-2H3/t23-,24-/m1/s1. The molecule has 150 valence electrons. The van der Waals surface area contributed by atoms with Crippen molar-refractivity contribution in [3.05, 3.63) is 96.1 Å². The first-order valence-electron chi connectivity index (χ1n) is 9.75. The predicted octanol–water partition coefficient (Wildman–Crippen LogP) is 5.21. The summed E-state index contributed by atoms with van der Waals surface area (Å²) in [5.74, 6) is -2.61. The van der Waals surface area contributed by atoms with E-state index in [0.717, 1.165) is 21.5 Å². The fraction of sp³-hybridized carbons (Fsp3) is 0.154. The Morgan fingerprint density at radius 1 is 0.567 bits per heavy atom. The van der Waals surface area contributed by atoms with Gasteiger partial charge in [-0.3, -0.25) is 9.59 Å². The molecule has 0 bridgehead atoms. The van der Waals surface area contributed by atoms with Gasteiger partial charge in [0, 0.05) is 0 Å². The second-order valence-electron chi connectivity index (χ2n) is 7.21. The molecular weight excluding hydrogens is 376 g/mol. The van der Waals surface area contributed by atoms with Crippen molar-refractivity contribution in [2.24, 2.45) is 0 Å². The predicted molar refractivity (Wildman–Crippen MR) is 117 cm³/mol. The molecule has 4 aromatic carbocycles. The Morgan fingerprint density at radius 2 is 0.933 bits per heavy atom. The number of benzene rings is 4. The molecule has 0 aliphatic rings. The molecule has 4 nitrogen and oxygen atoms in total. The molecule has 0 saturated carbocycles. The van der Waals surface area contributed by atoms with Crippen molar-refractivity contribution in [2.45, 2.75) is 11.8 Å². The van der Waals surface area contributed by atoms with Crippen LogP contribution in [0.5, 0.6) is 0 Å². The van der Waals surface area contributed by atoms with Gasteiger partial charge in [0.1, 0.15) is 0 Å². The van der Waals surface area contributed by atoms with Gasteiger partial charge in [0.25, 0.3) is 0 Å². The van der Waals surface area contributed by atoms with Gasteiger partial charge < -0.3 is 9.47 Å². The highest BCUT2D eigenvalue weighted by molar-refractivity contribution is 5.93. The first kappa shape index (κ1) is 19.6. The Morgan fingerprint density at radius 3 is 1.30 bits per heavy atom. The smallest absolute Gasteiger partial charge is 0.314 e. The van der Waals surface area contributed by atoms with Crippen LogP contribution in [0.1, 0.15) is 23.0 Å². The Bertz CT molecular complexity index is 1130. The summed E-state index contributed by atoms with van der Waals surface area (Å²) in [6.45, 7) is 0. The summed E-state index contributed by atoms with van der Waals surface area (Å²) in [7, 11) is 2.68. The highest BCUT2D eigenvalue weighted by Gasteiger charge is 2.38. The van der Waals surface area contributed by atoms with Crippen LogP contribution >= 0.6 is 0 Å². The first-order chi connectivity index (χ1) is 14.6. The van der Waals surface area contributed by atoms with E-state index in [4.69, 9.17) is 9.47 Å². The number of hydrogen-bond acceptors (Lipinski definition) is 4. The van der Waals surface area contributed by atoms with Gasteiger partial charge in [-0.25, -0.2) is 0 Å². The molecule has 0 heterocycles. The molecular formula is C26H22O4. The Kier molecular flexibility index (Phi) is 5.48. The van der Waals surface area contributed by atoms with Crippen LogP contribution in [0.3, 0.4) is 0 Å². The van der Waals surface area contributed by atoms with Gasteiger partial charge in [-0.2, -0.15) is 0 Å². The van der Waals surface area contributed by atoms with Gasteiger partial charge in [-0.05, 0) is 32.7 Å². The van der Waals surface area contributed by atoms with E-state index in [1.54, 1.807) is 0 Å². The van der Waals surface area contributed by atoms with Gasteiger partial charge in [-0.1, -0.05) is 84.9 Å². The van der Waals surface area contributed by atoms with E-state index < -0.39 is 23.8 Å². The third kappa shape index (κ3) is 3.64. The largest absolute Gasteiger partial charge is 0.469 e. The topological polar surface area (TPSA) is 52.6 Å². The van der Waals surface area contributed by atoms with E-state index in [9.17, 15) is 9.59 Å². The van der Waals surface area contributed by atoms with Crippen molar-refractivity contribution in [3.63, 3.8) is 0 Å². The molecule has 0 fully saturated rings. The van der Waals surface area contributed by atoms with E-state index in [2.05, 4.69) is 0 Å². The van der Waals surface area contributed by atoms with E-state index >= 15 is 0 Å². The minimum absolute atomic E-state index is 0.478. The molecule has 30 heavy (non-hydrogen) atoms. The summed E-state index contributed by atoms with van der Waals surface area (Å²) in [4.78, 5) is 25.8. The SMILES string of the molecule is COC(=O)[C@H](c1ccc2ccccc2c1)[C@H](C(=O)OC)c1ccc2ccccc2c1. The molecule has 0 saturated heterocycles. The van der Waals surface area contributed by atoms with Crippen LogP contribution in [-0.2, 0) is 19.1 Å². The summed E-state index contributed by atoms with van der Waals surface area (Å²) >= 11 is 0. The molecule has 0 radical (unpaired) electrons. The number of carbonyl (C=O) groups excluding carboxylic acids is 2. The molecule has 0 aromatic heterocycles. The van der Waals surface area contributed by atoms with Crippen molar-refractivity contribution >= 4 is 33.5 Å². The van der Waals surface area contributed by atoms with Gasteiger partial charge in [-0.15, -0.1) is 0 Å². The first-order valence-corrected chi connectivity index (χ1v) is 9.75. The van der Waals surface area contributed by atoms with E-state index in [1.807, 2.05) is 84.9 Å². The van der Waals surface area contributed by atoms with E-state index in [-0.39, 0.29) is 0 Å². The Balaban J connectivity index is 1.89. The minimum Gasteiger partial charge on any atom is -0.469 e. The maximum absolute atomic E-state index is 12.9. The molecule has 2 atom stereocenters. The molecule has 0 amide bonds. The maximum atomic E-state index is 12.9. The third-order valence-corrected chi connectivity index (χ3v) is 5.51. The molecule has 0 aliphatic carbocycles. The van der Waals surface area contributed by atoms with Gasteiger partial charge in [0.2, 0.25) is 0 Å². The average Bonchev–Trinajstić information content (AvgIpc) is 2.81. The molecule has 0 unspecified atom stereocenters. The molecule has 0 spiro atoms. The number of rotatable bonds is 5. The summed E-state index contributed by atoms with van der Waals surface area (Å²) in [6.07, 6.45) is 0. The minimum atomic E-state index is -0.826. The van der Waals surface area contributed by atoms with Crippen molar-refractivity contribution in [1.82, 2.24) is 0 Å². The number of esters is 2. The summed E-state index contributed by atoms with van der Waals surface area (Å²) in [6, 6.07) is 27.3. The number of fused-ring (bicyclic) bond motifs is 2. The Labute approximate surface area is 175 Å². The summed E-state index contributed by atoms with van der Waals surface area (Å²) < 4.78 is 10.2. The monoisotopic (exact) mass is 398 g/mol. The average molecular weight is 398 g/mol. The van der Waals surface area contributed by atoms with Crippen LogP contribution in [0.15, 0.2) is 84.9 Å². The third-order valence-electron chi connectivity index (χ3n) is 5.51. The Hall–Kier alpha value is -3.66. The zero-order valence-corrected chi connectivity index (χ0v) is 16.9. The second kappa shape index (κ2) is 8.37. The fourth-order valence-electron chi connectivity index (χ4n) is 3.99. The van der Waals surface area contributed by atoms with Crippen molar-refractivity contribution in [2.75, 3.05) is 14.2 Å². The van der Waals surface area contributed by atoms with Crippen LogP contribution in [0, 0.1) is 0 Å². The lowest BCUT2D eigenvalue weighted by atomic mass is 9.80. The highest BCUT2D eigenvalue weighted by Crippen LogP contribution is 2.37. The zero-order chi connectivity index (χ0) is 21.1. The number of hydrogen-bond donors (Lipinski definition) is 0. The zero-order valence-electron chi connectivity index (χ0n) is 16.9. The van der Waals surface area contributed by atoms with E-state index in [1.165, 1.54) is 14.2 Å². The summed E-state index contributed by atoms with van der Waals surface area (Å²) in [5, 5.41) is 4.10. The van der Waals surface area contributed by atoms with Crippen LogP contribution in [-0.4, -0.2) is 26.2 Å². The molecule has 0 N–H and O–H groups in total. The van der Waals surface area contributed by atoms with Crippen molar-refractivity contribution in [1.29, 1.82) is 0 Å². The van der Waals surface area contributed by atoms with Crippen LogP contribution in [0.2, 0.25) is 0 Å². The molecule has 4 heteroatoms. The van der Waals surface area contributed by atoms with Gasteiger partial charge in [0.05, 0.1) is 26.1 Å². The van der Waals surface area contributed by atoms with Crippen LogP contribution in [0.25, 0.3) is 21.5 Å². The van der Waals surface area contributed by atoms with Crippen LogP contribution in [0.4, 0.5) is 0 Å². The van der Waals surface area contributed by atoms with Crippen LogP contribution < -0.4 is 0 Å². The lowest BCUT2D eigenvalue weighted by molar-refractivity contribution is -0.150. The molecule has 4 rings (SSSR count). The van der Waals surface area contributed by atoms with Gasteiger partial charge >= 0.3 is 11.9 Å². The number of methoxy groups -OCH3 is 2. The summed E-state index contributed by atoms with van der Waals surface area (Å²) in [5.41, 5.74) is 1.42. The lowest BCUT2D eigenvalue weighted by Crippen LogP contribution is -2.28. The molecule has 4 aromatic rings. The van der Waals surface area contributed by atoms with E-state index in [0.29, 0.717) is 11.1 Å². The maximum Gasteiger partial charge on any atom is 0.314 e. The second-order valence-corrected chi connectivity index (χ2v) is 7.21. The highest BCUT2D eigenvalue weighted by atomic mass is 16.5. The normalized spacial score (nSPS) is 13.0. The van der Waals surface area contributed by atoms with Crippen molar-refractivity contribution < 1.29 is 19.1 Å². The number of ether oxygens (including phenoxy) is 2. The molecule has 0 aliphatic heterocycles. The van der Waals surface area contributed by atoms with Crippen molar-refractivity contribution in [3.8, 4) is 0 Å². The fourth-order valence-corrected chi connectivity index (χ4v) is 3.99. The lowest BCUT2D eigenvalue weighted by Gasteiger charge is -2.24. The number of carbonyl (C=O) groups is 2.